The molecule has 0 radical (unpaired) electrons. The molecule has 0 aliphatic heterocycles. The van der Waals surface area contributed by atoms with Crippen molar-refractivity contribution in [1.29, 1.82) is 0 Å². The average molecular weight is 355 g/mol. The quantitative estimate of drug-likeness (QED) is 0.483. The summed E-state index contributed by atoms with van der Waals surface area (Å²) in [6.07, 6.45) is 0. The van der Waals surface area contributed by atoms with Gasteiger partial charge in [-0.25, -0.2) is 4.98 Å². The van der Waals surface area contributed by atoms with Gasteiger partial charge in [-0.05, 0) is 18.2 Å². The summed E-state index contributed by atoms with van der Waals surface area (Å²) in [6, 6.07) is 8.28. The van der Waals surface area contributed by atoms with Gasteiger partial charge in [-0.2, -0.15) is 0 Å². The minimum absolute atomic E-state index is 0.0112. The van der Waals surface area contributed by atoms with Crippen LogP contribution in [0.25, 0.3) is 10.2 Å². The SMILES string of the molecule is O=[N+]([O-])c1ccc(Cl)c(COc2cccc3scnc23)c1Cl. The van der Waals surface area contributed by atoms with E-state index in [1.807, 2.05) is 12.1 Å². The maximum Gasteiger partial charge on any atom is 0.288 e. The first-order valence-electron chi connectivity index (χ1n) is 6.14. The van der Waals surface area contributed by atoms with E-state index in [4.69, 9.17) is 27.9 Å². The van der Waals surface area contributed by atoms with Crippen LogP contribution in [0.3, 0.4) is 0 Å². The molecule has 8 heteroatoms. The van der Waals surface area contributed by atoms with E-state index in [0.29, 0.717) is 16.3 Å². The van der Waals surface area contributed by atoms with E-state index < -0.39 is 4.92 Å². The van der Waals surface area contributed by atoms with E-state index in [2.05, 4.69) is 4.98 Å². The van der Waals surface area contributed by atoms with Crippen LogP contribution in [-0.4, -0.2) is 9.91 Å². The monoisotopic (exact) mass is 354 g/mol. The molecule has 0 bridgehead atoms. The number of nitro groups is 1. The summed E-state index contributed by atoms with van der Waals surface area (Å²) < 4.78 is 6.71. The van der Waals surface area contributed by atoms with Gasteiger partial charge < -0.3 is 4.74 Å². The molecule has 2 aromatic carbocycles. The molecule has 0 unspecified atom stereocenters. The van der Waals surface area contributed by atoms with Crippen LogP contribution in [0.1, 0.15) is 5.56 Å². The number of hydrogen-bond donors (Lipinski definition) is 0. The summed E-state index contributed by atoms with van der Waals surface area (Å²) >= 11 is 13.6. The molecular weight excluding hydrogens is 347 g/mol. The van der Waals surface area contributed by atoms with Crippen LogP contribution in [-0.2, 0) is 6.61 Å². The number of para-hydroxylation sites is 1. The van der Waals surface area contributed by atoms with E-state index in [-0.39, 0.29) is 17.3 Å². The summed E-state index contributed by atoms with van der Waals surface area (Å²) in [5.41, 5.74) is 2.65. The number of benzene rings is 2. The Hall–Kier alpha value is -1.89. The van der Waals surface area contributed by atoms with Crippen molar-refractivity contribution in [2.75, 3.05) is 0 Å². The zero-order valence-electron chi connectivity index (χ0n) is 11.0. The van der Waals surface area contributed by atoms with Crippen molar-refractivity contribution in [3.8, 4) is 5.75 Å². The topological polar surface area (TPSA) is 65.3 Å². The Morgan fingerprint density at radius 1 is 1.27 bits per heavy atom. The molecular formula is C14H8Cl2N2O3S. The average Bonchev–Trinajstić information content (AvgIpc) is 2.95. The van der Waals surface area contributed by atoms with Crippen LogP contribution in [0, 0.1) is 10.1 Å². The van der Waals surface area contributed by atoms with Crippen LogP contribution in [0.15, 0.2) is 35.8 Å². The van der Waals surface area contributed by atoms with Crippen LogP contribution < -0.4 is 4.74 Å². The lowest BCUT2D eigenvalue weighted by Crippen LogP contribution is -2.00. The van der Waals surface area contributed by atoms with Crippen molar-refractivity contribution in [3.63, 3.8) is 0 Å². The molecule has 0 amide bonds. The van der Waals surface area contributed by atoms with Gasteiger partial charge in [-0.15, -0.1) is 11.3 Å². The summed E-state index contributed by atoms with van der Waals surface area (Å²) in [6.45, 7) is 0.0238. The van der Waals surface area contributed by atoms with Gasteiger partial charge in [0.1, 0.15) is 22.9 Å². The number of hydrogen-bond acceptors (Lipinski definition) is 5. The number of rotatable bonds is 4. The van der Waals surface area contributed by atoms with Gasteiger partial charge >= 0.3 is 0 Å². The Morgan fingerprint density at radius 3 is 2.86 bits per heavy atom. The van der Waals surface area contributed by atoms with Gasteiger partial charge in [0.15, 0.2) is 0 Å². The summed E-state index contributed by atoms with van der Waals surface area (Å²) in [5.74, 6) is 0.581. The second-order valence-corrected chi connectivity index (χ2v) is 6.03. The third-order valence-corrected chi connectivity index (χ3v) is 4.63. The molecule has 0 aliphatic rings. The number of aromatic nitrogens is 1. The third kappa shape index (κ3) is 2.72. The minimum atomic E-state index is -0.552. The van der Waals surface area contributed by atoms with E-state index in [1.165, 1.54) is 23.5 Å². The van der Waals surface area contributed by atoms with Gasteiger partial charge in [0.2, 0.25) is 0 Å². The van der Waals surface area contributed by atoms with Crippen molar-refractivity contribution in [2.45, 2.75) is 6.61 Å². The molecule has 3 aromatic rings. The fraction of sp³-hybridized carbons (Fsp3) is 0.0714. The Labute approximate surface area is 139 Å². The molecule has 0 fully saturated rings. The number of fused-ring (bicyclic) bond motifs is 1. The van der Waals surface area contributed by atoms with Crippen molar-refractivity contribution >= 4 is 50.4 Å². The van der Waals surface area contributed by atoms with Gasteiger partial charge in [0.05, 0.1) is 15.1 Å². The molecule has 0 saturated carbocycles. The van der Waals surface area contributed by atoms with E-state index in [9.17, 15) is 10.1 Å². The van der Waals surface area contributed by atoms with E-state index in [0.717, 1.165) is 10.2 Å². The fourth-order valence-corrected chi connectivity index (χ4v) is 3.23. The molecule has 0 spiro atoms. The summed E-state index contributed by atoms with van der Waals surface area (Å²) in [7, 11) is 0. The zero-order chi connectivity index (χ0) is 15.7. The molecule has 0 aliphatic carbocycles. The second kappa shape index (κ2) is 6.08. The number of nitro benzene ring substituents is 1. The predicted octanol–water partition coefficient (Wildman–Crippen LogP) is 5.09. The lowest BCUT2D eigenvalue weighted by molar-refractivity contribution is -0.384. The number of halogens is 2. The maximum absolute atomic E-state index is 10.9. The first-order valence-corrected chi connectivity index (χ1v) is 7.77. The fourth-order valence-electron chi connectivity index (χ4n) is 1.99. The van der Waals surface area contributed by atoms with Gasteiger partial charge in [-0.1, -0.05) is 29.3 Å². The van der Waals surface area contributed by atoms with Gasteiger partial charge in [0.25, 0.3) is 5.69 Å². The molecule has 0 atom stereocenters. The maximum atomic E-state index is 10.9. The highest BCUT2D eigenvalue weighted by Gasteiger charge is 2.19. The Morgan fingerprint density at radius 2 is 2.09 bits per heavy atom. The lowest BCUT2D eigenvalue weighted by Gasteiger charge is -2.10. The van der Waals surface area contributed by atoms with Crippen molar-refractivity contribution in [1.82, 2.24) is 4.98 Å². The second-order valence-electron chi connectivity index (χ2n) is 4.36. The van der Waals surface area contributed by atoms with Gasteiger partial charge in [-0.3, -0.25) is 10.1 Å². The molecule has 112 valence electrons. The Bertz CT molecular complexity index is 866. The van der Waals surface area contributed by atoms with Crippen molar-refractivity contribution < 1.29 is 9.66 Å². The largest absolute Gasteiger partial charge is 0.486 e. The number of nitrogens with zero attached hydrogens (tertiary/aromatic N) is 2. The van der Waals surface area contributed by atoms with Crippen molar-refractivity contribution in [3.05, 3.63) is 61.6 Å². The highest BCUT2D eigenvalue weighted by Crippen LogP contribution is 2.35. The smallest absolute Gasteiger partial charge is 0.288 e. The van der Waals surface area contributed by atoms with Gasteiger partial charge in [0, 0.05) is 16.7 Å². The lowest BCUT2D eigenvalue weighted by atomic mass is 10.2. The molecule has 1 heterocycles. The number of thiazole rings is 1. The Balaban J connectivity index is 1.92. The number of ether oxygens (including phenoxy) is 1. The summed E-state index contributed by atoms with van der Waals surface area (Å²) in [4.78, 5) is 14.6. The van der Waals surface area contributed by atoms with Crippen LogP contribution >= 0.6 is 34.5 Å². The first kappa shape index (κ1) is 15.0. The zero-order valence-corrected chi connectivity index (χ0v) is 13.3. The highest BCUT2D eigenvalue weighted by atomic mass is 35.5. The summed E-state index contributed by atoms with van der Waals surface area (Å²) in [5, 5.41) is 11.2. The van der Waals surface area contributed by atoms with Crippen LogP contribution in [0.5, 0.6) is 5.75 Å². The normalized spacial score (nSPS) is 10.8. The molecule has 1 aromatic heterocycles. The third-order valence-electron chi connectivity index (χ3n) is 3.06. The first-order chi connectivity index (χ1) is 10.6. The molecule has 0 N–H and O–H groups in total. The Kier molecular flexibility index (Phi) is 4.15. The predicted molar refractivity (Wildman–Crippen MR) is 87.1 cm³/mol. The molecule has 3 rings (SSSR count). The van der Waals surface area contributed by atoms with E-state index >= 15 is 0 Å². The van der Waals surface area contributed by atoms with E-state index in [1.54, 1.807) is 11.6 Å². The standard InChI is InChI=1S/C14H8Cl2N2O3S/c15-9-4-5-10(18(19)20)13(16)8(9)6-21-11-2-1-3-12-14(11)17-7-22-12/h1-5,7H,6H2. The molecule has 0 saturated heterocycles. The van der Waals surface area contributed by atoms with Crippen LogP contribution in [0.4, 0.5) is 5.69 Å². The van der Waals surface area contributed by atoms with Crippen LogP contribution in [0.2, 0.25) is 10.0 Å². The minimum Gasteiger partial charge on any atom is -0.486 e. The highest BCUT2D eigenvalue weighted by molar-refractivity contribution is 7.16. The van der Waals surface area contributed by atoms with Crippen molar-refractivity contribution in [2.24, 2.45) is 0 Å². The molecule has 5 nitrogen and oxygen atoms in total. The molecule has 22 heavy (non-hydrogen) atoms.